The van der Waals surface area contributed by atoms with E-state index < -0.39 is 10.0 Å². The number of hydrogen-bond donors (Lipinski definition) is 0. The molecule has 34 heavy (non-hydrogen) atoms. The lowest BCUT2D eigenvalue weighted by molar-refractivity contribution is -0.106. The number of benzene rings is 2. The van der Waals surface area contributed by atoms with E-state index in [2.05, 4.69) is 52.1 Å². The molecule has 1 aromatic heterocycles. The molecule has 0 aliphatic carbocycles. The molecule has 0 bridgehead atoms. The van der Waals surface area contributed by atoms with E-state index in [0.29, 0.717) is 10.2 Å². The highest BCUT2D eigenvalue weighted by Crippen LogP contribution is 2.21. The van der Waals surface area contributed by atoms with Gasteiger partial charge < -0.3 is 0 Å². The molecule has 1 fully saturated rings. The van der Waals surface area contributed by atoms with Crippen molar-refractivity contribution in [3.63, 3.8) is 0 Å². The molecular formula is C26H32N4O3S. The Balaban J connectivity index is 0.000000212. The fourth-order valence-corrected chi connectivity index (χ4v) is 4.90. The fourth-order valence-electron chi connectivity index (χ4n) is 3.77. The molecule has 7 nitrogen and oxygen atoms in total. The quantitative estimate of drug-likeness (QED) is 0.464. The fraction of sp³-hybridized carbons (Fsp3) is 0.346. The lowest BCUT2D eigenvalue weighted by Crippen LogP contribution is -2.31. The molecule has 1 aliphatic heterocycles. The Morgan fingerprint density at radius 2 is 1.68 bits per heavy atom. The first-order chi connectivity index (χ1) is 16.3. The van der Waals surface area contributed by atoms with E-state index in [4.69, 9.17) is 0 Å². The summed E-state index contributed by atoms with van der Waals surface area (Å²) in [6, 6.07) is 18.7. The minimum atomic E-state index is -4.01. The van der Waals surface area contributed by atoms with Gasteiger partial charge in [0.2, 0.25) is 12.4 Å². The van der Waals surface area contributed by atoms with Crippen LogP contribution < -0.4 is 4.31 Å². The highest BCUT2D eigenvalue weighted by Gasteiger charge is 2.26. The summed E-state index contributed by atoms with van der Waals surface area (Å²) in [4.78, 5) is 21.3. The highest BCUT2D eigenvalue weighted by molar-refractivity contribution is 7.93. The van der Waals surface area contributed by atoms with Crippen molar-refractivity contribution in [3.8, 4) is 0 Å². The van der Waals surface area contributed by atoms with E-state index in [1.54, 1.807) is 12.1 Å². The zero-order chi connectivity index (χ0) is 24.6. The first-order valence-corrected chi connectivity index (χ1v) is 12.9. The third-order valence-electron chi connectivity index (χ3n) is 5.71. The molecule has 2 heterocycles. The number of likely N-dealkylation sites (tertiary alicyclic amines) is 1. The Hall–Kier alpha value is -3.10. The average Bonchev–Trinajstić information content (AvgIpc) is 3.25. The molecule has 2 aromatic carbocycles. The van der Waals surface area contributed by atoms with Crippen LogP contribution in [0.5, 0.6) is 0 Å². The molecule has 1 unspecified atom stereocenters. The van der Waals surface area contributed by atoms with Crippen molar-refractivity contribution in [3.05, 3.63) is 84.2 Å². The second-order valence-corrected chi connectivity index (χ2v) is 10.6. The highest BCUT2D eigenvalue weighted by atomic mass is 32.2. The van der Waals surface area contributed by atoms with Gasteiger partial charge in [0.15, 0.2) is 0 Å². The summed E-state index contributed by atoms with van der Waals surface area (Å²) in [6.45, 7) is 10.0. The predicted octanol–water partition coefficient (Wildman–Crippen LogP) is 4.48. The summed E-state index contributed by atoms with van der Waals surface area (Å²) < 4.78 is 25.4. The minimum absolute atomic E-state index is 0.0199. The number of carbonyl (C=O) groups excluding carboxylic acids is 1. The van der Waals surface area contributed by atoms with Crippen molar-refractivity contribution in [1.29, 1.82) is 0 Å². The van der Waals surface area contributed by atoms with Crippen LogP contribution in [0, 0.1) is 5.92 Å². The van der Waals surface area contributed by atoms with Crippen LogP contribution in [0.25, 0.3) is 0 Å². The Labute approximate surface area is 202 Å². The van der Waals surface area contributed by atoms with E-state index in [1.807, 2.05) is 13.8 Å². The standard InChI is InChI=1S/C14H15N3O3S.C12H17N/c1-11(2)12-4-6-13(7-5-12)21(19,20)17(10-18)14-15-8-3-9-16-14;1-11-7-8-13(9-11)10-12-5-3-2-4-6-12/h3-11H,1-2H3;2-6,11H,7-10H2,1H3. The van der Waals surface area contributed by atoms with Crippen molar-refractivity contribution in [2.24, 2.45) is 5.92 Å². The largest absolute Gasteiger partial charge is 0.299 e. The maximum absolute atomic E-state index is 12.5. The van der Waals surface area contributed by atoms with Crippen molar-refractivity contribution in [2.45, 2.75) is 44.6 Å². The summed E-state index contributed by atoms with van der Waals surface area (Å²) >= 11 is 0. The maximum Gasteiger partial charge on any atom is 0.273 e. The number of carbonyl (C=O) groups is 1. The van der Waals surface area contributed by atoms with Crippen LogP contribution in [0.3, 0.4) is 0 Å². The average molecular weight is 481 g/mol. The number of rotatable bonds is 7. The van der Waals surface area contributed by atoms with Crippen LogP contribution in [0.2, 0.25) is 0 Å². The monoisotopic (exact) mass is 480 g/mol. The molecule has 0 spiro atoms. The zero-order valence-corrected chi connectivity index (χ0v) is 20.7. The van der Waals surface area contributed by atoms with E-state index in [0.717, 1.165) is 18.0 Å². The van der Waals surface area contributed by atoms with Crippen molar-refractivity contribution in [1.82, 2.24) is 14.9 Å². The topological polar surface area (TPSA) is 83.5 Å². The third-order valence-corrected chi connectivity index (χ3v) is 7.34. The minimum Gasteiger partial charge on any atom is -0.299 e. The van der Waals surface area contributed by atoms with Gasteiger partial charge in [0.25, 0.3) is 10.0 Å². The number of aromatic nitrogens is 2. The van der Waals surface area contributed by atoms with E-state index in [-0.39, 0.29) is 17.3 Å². The number of nitrogens with zero attached hydrogens (tertiary/aromatic N) is 4. The van der Waals surface area contributed by atoms with Crippen molar-refractivity contribution >= 4 is 22.4 Å². The SMILES string of the molecule is CC(C)c1ccc(S(=O)(=O)N(C=O)c2ncccn2)cc1.CC1CCN(Cc2ccccc2)C1. The van der Waals surface area contributed by atoms with E-state index in [1.165, 1.54) is 55.7 Å². The molecule has 1 saturated heterocycles. The predicted molar refractivity (Wildman–Crippen MR) is 134 cm³/mol. The van der Waals surface area contributed by atoms with Crippen molar-refractivity contribution in [2.75, 3.05) is 17.4 Å². The molecule has 180 valence electrons. The van der Waals surface area contributed by atoms with E-state index in [9.17, 15) is 13.2 Å². The Bertz CT molecular complexity index is 1140. The van der Waals surface area contributed by atoms with Gasteiger partial charge in [0, 0.05) is 25.5 Å². The molecule has 0 N–H and O–H groups in total. The molecule has 0 saturated carbocycles. The summed E-state index contributed by atoms with van der Waals surface area (Å²) in [5.74, 6) is 1.01. The van der Waals surface area contributed by atoms with Gasteiger partial charge in [-0.15, -0.1) is 0 Å². The van der Waals surface area contributed by atoms with Gasteiger partial charge in [0.1, 0.15) is 0 Å². The maximum atomic E-state index is 12.5. The zero-order valence-electron chi connectivity index (χ0n) is 19.9. The van der Waals surface area contributed by atoms with Gasteiger partial charge in [-0.25, -0.2) is 18.4 Å². The molecular weight excluding hydrogens is 448 g/mol. The molecule has 0 radical (unpaired) electrons. The Morgan fingerprint density at radius 3 is 2.21 bits per heavy atom. The summed E-state index contributed by atoms with van der Waals surface area (Å²) in [5, 5.41) is 0. The molecule has 8 heteroatoms. The summed E-state index contributed by atoms with van der Waals surface area (Å²) in [5.41, 5.74) is 2.46. The van der Waals surface area contributed by atoms with Crippen LogP contribution in [0.1, 0.15) is 44.2 Å². The van der Waals surface area contributed by atoms with Crippen LogP contribution in [-0.4, -0.2) is 42.8 Å². The van der Waals surface area contributed by atoms with Crippen LogP contribution >= 0.6 is 0 Å². The normalized spacial score (nSPS) is 16.1. The first kappa shape index (κ1) is 25.5. The van der Waals surface area contributed by atoms with Gasteiger partial charge in [-0.1, -0.05) is 63.2 Å². The number of amides is 1. The first-order valence-electron chi connectivity index (χ1n) is 11.4. The van der Waals surface area contributed by atoms with Crippen LogP contribution in [0.4, 0.5) is 5.95 Å². The second kappa shape index (κ2) is 11.9. The third kappa shape index (κ3) is 6.71. The molecule has 4 rings (SSSR count). The number of anilines is 1. The smallest absolute Gasteiger partial charge is 0.273 e. The van der Waals surface area contributed by atoms with Gasteiger partial charge in [0.05, 0.1) is 4.90 Å². The summed E-state index contributed by atoms with van der Waals surface area (Å²) in [7, 11) is -4.01. The Kier molecular flexibility index (Phi) is 8.90. The van der Waals surface area contributed by atoms with E-state index >= 15 is 0 Å². The summed E-state index contributed by atoms with van der Waals surface area (Å²) in [6.07, 6.45) is 4.31. The van der Waals surface area contributed by atoms with Crippen LogP contribution in [-0.2, 0) is 21.4 Å². The molecule has 1 aliphatic rings. The lowest BCUT2D eigenvalue weighted by atomic mass is 10.0. The lowest BCUT2D eigenvalue weighted by Gasteiger charge is -2.15. The number of hydrogen-bond acceptors (Lipinski definition) is 6. The molecule has 1 atom stereocenters. The van der Waals surface area contributed by atoms with Crippen molar-refractivity contribution < 1.29 is 13.2 Å². The Morgan fingerprint density at radius 1 is 1.03 bits per heavy atom. The number of sulfonamides is 1. The van der Waals surface area contributed by atoms with Gasteiger partial charge in [-0.3, -0.25) is 9.69 Å². The van der Waals surface area contributed by atoms with Gasteiger partial charge in [-0.05, 0) is 54.1 Å². The molecule has 3 aromatic rings. The second-order valence-electron chi connectivity index (χ2n) is 8.79. The van der Waals surface area contributed by atoms with Crippen LogP contribution in [0.15, 0.2) is 78.0 Å². The van der Waals surface area contributed by atoms with Gasteiger partial charge in [-0.2, -0.15) is 4.31 Å². The molecule has 1 amide bonds. The van der Waals surface area contributed by atoms with Gasteiger partial charge >= 0.3 is 0 Å².